The quantitative estimate of drug-likeness (QED) is 0.771. The third kappa shape index (κ3) is 1.85. The van der Waals surface area contributed by atoms with Crippen LogP contribution in [0.5, 0.6) is 0 Å². The number of fused-ring (bicyclic) bond motifs is 1. The standard InChI is InChI=1S/C18H25O2P/c1-17(2)14-11-13-9-10-18(12-14,16(13)17)20-21(3,19)15-7-5-4-6-8-15/h4-8,13-14,16H,9-12H2,1-3H3/t13-,14-,16-,18-,21-/m0/s1. The average molecular weight is 304 g/mol. The second-order valence-corrected chi connectivity index (χ2v) is 10.5. The van der Waals surface area contributed by atoms with E-state index in [2.05, 4.69) is 13.8 Å². The van der Waals surface area contributed by atoms with Gasteiger partial charge in [-0.05, 0) is 61.0 Å². The summed E-state index contributed by atoms with van der Waals surface area (Å²) in [5, 5.41) is 0.864. The van der Waals surface area contributed by atoms with Crippen molar-refractivity contribution in [2.24, 2.45) is 23.2 Å². The molecule has 3 aliphatic carbocycles. The molecule has 1 aromatic carbocycles. The normalized spacial score (nSPS) is 42.1. The maximum atomic E-state index is 13.2. The number of hydrogen-bond donors (Lipinski definition) is 0. The van der Waals surface area contributed by atoms with E-state index in [0.29, 0.717) is 11.3 Å². The summed E-state index contributed by atoms with van der Waals surface area (Å²) in [6, 6.07) is 9.77. The number of rotatable bonds is 3. The van der Waals surface area contributed by atoms with Crippen LogP contribution in [0.1, 0.15) is 39.5 Å². The Labute approximate surface area is 127 Å². The molecule has 0 N–H and O–H groups in total. The highest BCUT2D eigenvalue weighted by molar-refractivity contribution is 7.66. The Hall–Kier alpha value is -0.590. The fourth-order valence-electron chi connectivity index (χ4n) is 5.87. The Balaban J connectivity index is 1.68. The Morgan fingerprint density at radius 2 is 1.95 bits per heavy atom. The molecule has 3 aliphatic rings. The maximum Gasteiger partial charge on any atom is 0.229 e. The molecule has 0 heterocycles. The molecule has 3 heteroatoms. The van der Waals surface area contributed by atoms with Crippen LogP contribution >= 0.6 is 7.37 Å². The van der Waals surface area contributed by atoms with E-state index in [9.17, 15) is 4.57 Å². The van der Waals surface area contributed by atoms with Crippen molar-refractivity contribution in [1.82, 2.24) is 0 Å². The van der Waals surface area contributed by atoms with Crippen molar-refractivity contribution in [2.45, 2.75) is 45.1 Å². The molecule has 0 radical (unpaired) electrons. The molecule has 3 saturated carbocycles. The molecule has 0 spiro atoms. The first-order valence-corrected chi connectivity index (χ1v) is 10.3. The van der Waals surface area contributed by atoms with E-state index < -0.39 is 7.37 Å². The highest BCUT2D eigenvalue weighted by atomic mass is 31.2. The van der Waals surface area contributed by atoms with Crippen molar-refractivity contribution >= 4 is 12.7 Å². The lowest BCUT2D eigenvalue weighted by molar-refractivity contribution is 0.0196. The zero-order valence-electron chi connectivity index (χ0n) is 13.2. The lowest BCUT2D eigenvalue weighted by Gasteiger charge is -2.37. The van der Waals surface area contributed by atoms with Gasteiger partial charge < -0.3 is 4.52 Å². The fourth-order valence-corrected chi connectivity index (χ4v) is 7.67. The third-order valence-electron chi connectivity index (χ3n) is 6.59. The largest absolute Gasteiger partial charge is 0.318 e. The zero-order chi connectivity index (χ0) is 14.9. The molecule has 4 rings (SSSR count). The lowest BCUT2D eigenvalue weighted by atomic mass is 9.78. The van der Waals surface area contributed by atoms with Crippen LogP contribution in [0.25, 0.3) is 0 Å². The van der Waals surface area contributed by atoms with Gasteiger partial charge in [-0.1, -0.05) is 32.0 Å². The summed E-state index contributed by atoms with van der Waals surface area (Å²) in [7, 11) is -2.74. The van der Waals surface area contributed by atoms with Crippen LogP contribution in [-0.4, -0.2) is 12.3 Å². The summed E-state index contributed by atoms with van der Waals surface area (Å²) in [5.41, 5.74) is 0.245. The summed E-state index contributed by atoms with van der Waals surface area (Å²) in [5.74, 6) is 2.16. The van der Waals surface area contributed by atoms with E-state index in [1.165, 1.54) is 12.8 Å². The first kappa shape index (κ1) is 14.0. The van der Waals surface area contributed by atoms with Gasteiger partial charge in [-0.3, -0.25) is 4.57 Å². The lowest BCUT2D eigenvalue weighted by Crippen LogP contribution is -2.38. The van der Waals surface area contributed by atoms with Gasteiger partial charge in [0.2, 0.25) is 7.37 Å². The monoisotopic (exact) mass is 304 g/mol. The third-order valence-corrected chi connectivity index (χ3v) is 8.54. The van der Waals surface area contributed by atoms with Crippen molar-refractivity contribution in [1.29, 1.82) is 0 Å². The summed E-state index contributed by atoms with van der Waals surface area (Å²) in [6.07, 6.45) is 4.85. The van der Waals surface area contributed by atoms with Gasteiger partial charge in [-0.2, -0.15) is 0 Å². The first-order chi connectivity index (χ1) is 9.85. The molecular weight excluding hydrogens is 279 g/mol. The molecule has 0 aromatic heterocycles. The maximum absolute atomic E-state index is 13.2. The fraction of sp³-hybridized carbons (Fsp3) is 0.667. The van der Waals surface area contributed by atoms with E-state index in [1.807, 2.05) is 37.0 Å². The molecule has 0 amide bonds. The zero-order valence-corrected chi connectivity index (χ0v) is 14.1. The Bertz CT molecular complexity index is 609. The Morgan fingerprint density at radius 1 is 1.24 bits per heavy atom. The van der Waals surface area contributed by atoms with Crippen LogP contribution in [0.15, 0.2) is 30.3 Å². The Morgan fingerprint density at radius 3 is 2.62 bits per heavy atom. The highest BCUT2D eigenvalue weighted by Gasteiger charge is 2.69. The van der Waals surface area contributed by atoms with Gasteiger partial charge in [0.05, 0.1) is 5.60 Å². The second kappa shape index (κ2) is 4.24. The minimum atomic E-state index is -2.74. The van der Waals surface area contributed by atoms with Crippen molar-refractivity contribution in [2.75, 3.05) is 6.66 Å². The van der Waals surface area contributed by atoms with Crippen LogP contribution in [0.3, 0.4) is 0 Å². The van der Waals surface area contributed by atoms with E-state index in [0.717, 1.165) is 30.0 Å². The van der Waals surface area contributed by atoms with Gasteiger partial charge in [0.15, 0.2) is 0 Å². The SMILES string of the molecule is CC1(C)[C@H]2C[C@@H]3CC[C@](O[P@](C)(=O)c4ccccc4)(C2)[C@@H]31. The molecule has 0 aliphatic heterocycles. The van der Waals surface area contributed by atoms with Crippen LogP contribution in [-0.2, 0) is 9.09 Å². The van der Waals surface area contributed by atoms with Crippen LogP contribution < -0.4 is 5.30 Å². The predicted molar refractivity (Wildman–Crippen MR) is 86.1 cm³/mol. The second-order valence-electron chi connectivity index (χ2n) is 8.07. The highest BCUT2D eigenvalue weighted by Crippen LogP contribution is 2.73. The van der Waals surface area contributed by atoms with E-state index in [-0.39, 0.29) is 5.60 Å². The summed E-state index contributed by atoms with van der Waals surface area (Å²) in [4.78, 5) is 0. The van der Waals surface area contributed by atoms with E-state index in [1.54, 1.807) is 0 Å². The number of benzene rings is 1. The van der Waals surface area contributed by atoms with Crippen LogP contribution in [0.4, 0.5) is 0 Å². The van der Waals surface area contributed by atoms with Crippen LogP contribution in [0.2, 0.25) is 0 Å². The Kier molecular flexibility index (Phi) is 2.83. The molecule has 114 valence electrons. The van der Waals surface area contributed by atoms with Gasteiger partial charge in [0.1, 0.15) is 0 Å². The van der Waals surface area contributed by atoms with Gasteiger partial charge in [0.25, 0.3) is 0 Å². The summed E-state index contributed by atoms with van der Waals surface area (Å²) in [6.45, 7) is 6.62. The molecule has 0 saturated heterocycles. The molecule has 0 unspecified atom stereocenters. The predicted octanol–water partition coefficient (Wildman–Crippen LogP) is 4.45. The molecule has 5 atom stereocenters. The molecule has 3 fully saturated rings. The summed E-state index contributed by atoms with van der Waals surface area (Å²) >= 11 is 0. The van der Waals surface area contributed by atoms with Crippen molar-refractivity contribution in [3.8, 4) is 0 Å². The molecule has 2 nitrogen and oxygen atoms in total. The molecule has 21 heavy (non-hydrogen) atoms. The van der Waals surface area contributed by atoms with Crippen LogP contribution in [0, 0.1) is 23.2 Å². The minimum Gasteiger partial charge on any atom is -0.318 e. The average Bonchev–Trinajstić information content (AvgIpc) is 2.90. The van der Waals surface area contributed by atoms with Gasteiger partial charge >= 0.3 is 0 Å². The minimum absolute atomic E-state index is 0.114. The smallest absolute Gasteiger partial charge is 0.229 e. The van der Waals surface area contributed by atoms with E-state index >= 15 is 0 Å². The van der Waals surface area contributed by atoms with E-state index in [4.69, 9.17) is 4.52 Å². The van der Waals surface area contributed by atoms with Gasteiger partial charge in [-0.25, -0.2) is 0 Å². The first-order valence-electron chi connectivity index (χ1n) is 8.19. The molecule has 1 aromatic rings. The van der Waals surface area contributed by atoms with Gasteiger partial charge in [-0.15, -0.1) is 0 Å². The van der Waals surface area contributed by atoms with Crippen molar-refractivity contribution in [3.63, 3.8) is 0 Å². The molecule has 2 bridgehead atoms. The summed E-state index contributed by atoms with van der Waals surface area (Å²) < 4.78 is 19.7. The van der Waals surface area contributed by atoms with Crippen molar-refractivity contribution < 1.29 is 9.09 Å². The topological polar surface area (TPSA) is 26.3 Å². The van der Waals surface area contributed by atoms with Gasteiger partial charge in [0, 0.05) is 12.0 Å². The van der Waals surface area contributed by atoms with Crippen molar-refractivity contribution in [3.05, 3.63) is 30.3 Å². The number of hydrogen-bond acceptors (Lipinski definition) is 2. The molecular formula is C18H25O2P.